The van der Waals surface area contributed by atoms with Gasteiger partial charge < -0.3 is 0 Å². The van der Waals surface area contributed by atoms with Gasteiger partial charge in [-0.05, 0) is 6.26 Å². The summed E-state index contributed by atoms with van der Waals surface area (Å²) < 4.78 is 2.09. The molecular weight excluding hydrogens is 132 g/mol. The van der Waals surface area contributed by atoms with Crippen molar-refractivity contribution in [1.82, 2.24) is 5.32 Å². The Balaban J connectivity index is 3.83. The van der Waals surface area contributed by atoms with Gasteiger partial charge in [0.2, 0.25) is 0 Å². The molecule has 0 amide bonds. The summed E-state index contributed by atoms with van der Waals surface area (Å²) >= 11 is 1.82. The number of hydrogen-bond donors (Lipinski definition) is 1. The summed E-state index contributed by atoms with van der Waals surface area (Å²) in [6.45, 7) is 0. The Morgan fingerprint density at radius 1 is 1.56 bits per heavy atom. The lowest BCUT2D eigenvalue weighted by molar-refractivity contribution is -0.466. The van der Waals surface area contributed by atoms with Crippen LogP contribution < -0.4 is 5.32 Å². The molecule has 0 aromatic heterocycles. The fourth-order valence-electron chi connectivity index (χ4n) is 0.562. The van der Waals surface area contributed by atoms with Crippen LogP contribution in [0.4, 0.5) is 0 Å². The molecule has 0 saturated heterocycles. The minimum Gasteiger partial charge on any atom is -0.280 e. The molecule has 0 aliphatic carbocycles. The first-order valence-corrected chi connectivity index (χ1v) is 4.31. The summed E-state index contributed by atoms with van der Waals surface area (Å²) in [4.78, 5) is 0. The van der Waals surface area contributed by atoms with Gasteiger partial charge in [-0.3, -0.25) is 9.89 Å². The van der Waals surface area contributed by atoms with Gasteiger partial charge in [-0.2, -0.15) is 11.8 Å². The SMILES string of the molecule is CNC(CSC)=[N+](C)C. The smallest absolute Gasteiger partial charge is 0.254 e. The largest absolute Gasteiger partial charge is 0.280 e. The van der Waals surface area contributed by atoms with Crippen molar-refractivity contribution in [2.75, 3.05) is 33.2 Å². The third-order valence-electron chi connectivity index (χ3n) is 1.11. The lowest BCUT2D eigenvalue weighted by atomic mass is 10.6. The monoisotopic (exact) mass is 147 g/mol. The highest BCUT2D eigenvalue weighted by molar-refractivity contribution is 7.99. The van der Waals surface area contributed by atoms with Crippen molar-refractivity contribution in [2.45, 2.75) is 0 Å². The van der Waals surface area contributed by atoms with Gasteiger partial charge in [0.25, 0.3) is 5.84 Å². The Labute approximate surface area is 61.3 Å². The summed E-state index contributed by atoms with van der Waals surface area (Å²) in [5.74, 6) is 2.33. The maximum absolute atomic E-state index is 3.12. The highest BCUT2D eigenvalue weighted by Crippen LogP contribution is 1.89. The van der Waals surface area contributed by atoms with E-state index in [0.29, 0.717) is 0 Å². The van der Waals surface area contributed by atoms with E-state index in [0.717, 1.165) is 5.75 Å². The molecule has 0 aliphatic heterocycles. The molecule has 3 heteroatoms. The van der Waals surface area contributed by atoms with Crippen LogP contribution in [-0.2, 0) is 0 Å². The number of hydrogen-bond acceptors (Lipinski definition) is 1. The molecule has 9 heavy (non-hydrogen) atoms. The van der Waals surface area contributed by atoms with Crippen LogP contribution >= 0.6 is 11.8 Å². The van der Waals surface area contributed by atoms with Gasteiger partial charge >= 0.3 is 0 Å². The van der Waals surface area contributed by atoms with E-state index in [-0.39, 0.29) is 0 Å². The zero-order valence-corrected chi connectivity index (χ0v) is 7.38. The summed E-state index contributed by atoms with van der Waals surface area (Å²) in [5, 5.41) is 3.12. The molecular formula is C6H15N2S+. The Kier molecular flexibility index (Phi) is 4.58. The second kappa shape index (κ2) is 4.68. The van der Waals surface area contributed by atoms with Crippen LogP contribution in [0.2, 0.25) is 0 Å². The molecule has 0 aliphatic rings. The number of nitrogens with zero attached hydrogens (tertiary/aromatic N) is 1. The number of rotatable bonds is 2. The van der Waals surface area contributed by atoms with Crippen LogP contribution in [0, 0.1) is 0 Å². The second-order valence-corrected chi connectivity index (χ2v) is 2.89. The highest BCUT2D eigenvalue weighted by Gasteiger charge is 2.00. The van der Waals surface area contributed by atoms with E-state index in [9.17, 15) is 0 Å². The number of amidine groups is 1. The Morgan fingerprint density at radius 3 is 2.22 bits per heavy atom. The van der Waals surface area contributed by atoms with Crippen LogP contribution in [0.15, 0.2) is 0 Å². The van der Waals surface area contributed by atoms with Gasteiger partial charge in [0.05, 0.1) is 26.9 Å². The Bertz CT molecular complexity index is 106. The average molecular weight is 147 g/mol. The van der Waals surface area contributed by atoms with Gasteiger partial charge in [0.15, 0.2) is 0 Å². The minimum absolute atomic E-state index is 1.06. The van der Waals surface area contributed by atoms with Crippen LogP contribution in [-0.4, -0.2) is 43.6 Å². The summed E-state index contributed by atoms with van der Waals surface area (Å²) in [7, 11) is 6.04. The lowest BCUT2D eigenvalue weighted by Gasteiger charge is -1.99. The first-order chi connectivity index (χ1) is 4.22. The van der Waals surface area contributed by atoms with E-state index in [1.165, 1.54) is 5.84 Å². The van der Waals surface area contributed by atoms with Crippen LogP contribution in [0.25, 0.3) is 0 Å². The van der Waals surface area contributed by atoms with E-state index in [1.54, 1.807) is 0 Å². The van der Waals surface area contributed by atoms with Gasteiger partial charge in [-0.25, -0.2) is 0 Å². The quantitative estimate of drug-likeness (QED) is 0.342. The van der Waals surface area contributed by atoms with E-state index >= 15 is 0 Å². The molecule has 0 radical (unpaired) electrons. The first kappa shape index (κ1) is 8.82. The van der Waals surface area contributed by atoms with Gasteiger partial charge in [0.1, 0.15) is 0 Å². The van der Waals surface area contributed by atoms with Crippen molar-refractivity contribution in [3.63, 3.8) is 0 Å². The van der Waals surface area contributed by atoms with Crippen molar-refractivity contribution in [1.29, 1.82) is 0 Å². The highest BCUT2D eigenvalue weighted by atomic mass is 32.2. The standard InChI is InChI=1S/C6H14N2S/c1-7-6(5-9-4)8(2)3/h5H2,1-4H3/p+1. The molecule has 0 heterocycles. The molecule has 2 nitrogen and oxygen atoms in total. The van der Waals surface area contributed by atoms with Crippen LogP contribution in [0.1, 0.15) is 0 Å². The van der Waals surface area contributed by atoms with E-state index in [1.807, 2.05) is 32.9 Å². The van der Waals surface area contributed by atoms with Gasteiger partial charge in [-0.1, -0.05) is 0 Å². The minimum atomic E-state index is 1.06. The third kappa shape index (κ3) is 3.40. The van der Waals surface area contributed by atoms with E-state index < -0.39 is 0 Å². The third-order valence-corrected chi connectivity index (χ3v) is 1.67. The fraction of sp³-hybridized carbons (Fsp3) is 0.833. The van der Waals surface area contributed by atoms with E-state index in [2.05, 4.69) is 16.1 Å². The van der Waals surface area contributed by atoms with Gasteiger partial charge in [0, 0.05) is 0 Å². The molecule has 0 atom stereocenters. The fourth-order valence-corrected chi connectivity index (χ4v) is 1.24. The predicted octanol–water partition coefficient (Wildman–Crippen LogP) is 0.239. The molecule has 1 N–H and O–H groups in total. The zero-order valence-electron chi connectivity index (χ0n) is 6.56. The maximum Gasteiger partial charge on any atom is 0.254 e. The first-order valence-electron chi connectivity index (χ1n) is 2.92. The predicted molar refractivity (Wildman–Crippen MR) is 44.6 cm³/mol. The second-order valence-electron chi connectivity index (χ2n) is 2.02. The van der Waals surface area contributed by atoms with Crippen molar-refractivity contribution < 1.29 is 4.58 Å². The molecule has 0 fully saturated rings. The average Bonchev–Trinajstić information content (AvgIpc) is 1.82. The van der Waals surface area contributed by atoms with Gasteiger partial charge in [-0.15, -0.1) is 0 Å². The van der Waals surface area contributed by atoms with Crippen LogP contribution in [0.3, 0.4) is 0 Å². The van der Waals surface area contributed by atoms with Crippen molar-refractivity contribution in [3.8, 4) is 0 Å². The number of nitrogens with one attached hydrogen (secondary N) is 1. The van der Waals surface area contributed by atoms with E-state index in [4.69, 9.17) is 0 Å². The lowest BCUT2D eigenvalue weighted by Crippen LogP contribution is -2.29. The molecule has 0 bridgehead atoms. The molecule has 0 spiro atoms. The maximum atomic E-state index is 3.12. The Hall–Kier alpha value is -0.180. The molecule has 0 aromatic rings. The van der Waals surface area contributed by atoms with Crippen molar-refractivity contribution in [2.24, 2.45) is 0 Å². The van der Waals surface area contributed by atoms with Crippen molar-refractivity contribution in [3.05, 3.63) is 0 Å². The van der Waals surface area contributed by atoms with Crippen LogP contribution in [0.5, 0.6) is 0 Å². The topological polar surface area (TPSA) is 15.0 Å². The molecule has 0 unspecified atom stereocenters. The zero-order chi connectivity index (χ0) is 7.28. The summed E-state index contributed by atoms with van der Waals surface area (Å²) in [5.41, 5.74) is 0. The normalized spacial score (nSPS) is 8.89. The number of thioether (sulfide) groups is 1. The molecule has 0 rings (SSSR count). The summed E-state index contributed by atoms with van der Waals surface area (Å²) in [6.07, 6.45) is 2.10. The van der Waals surface area contributed by atoms with Crippen molar-refractivity contribution >= 4 is 17.6 Å². The molecule has 0 aromatic carbocycles. The molecule has 54 valence electrons. The molecule has 0 saturated carbocycles. The Morgan fingerprint density at radius 2 is 2.11 bits per heavy atom. The summed E-state index contributed by atoms with van der Waals surface area (Å²) in [6, 6.07) is 0.